The second-order valence-electron chi connectivity index (χ2n) is 11.2. The predicted octanol–water partition coefficient (Wildman–Crippen LogP) is 5.28. The Kier molecular flexibility index (Phi) is 9.47. The molecular formula is C30H38FN5O4S. The molecule has 0 saturated carbocycles. The average Bonchev–Trinajstić information content (AvgIpc) is 2.91. The summed E-state index contributed by atoms with van der Waals surface area (Å²) >= 11 is 0. The van der Waals surface area contributed by atoms with Gasteiger partial charge in [0, 0.05) is 24.7 Å². The summed E-state index contributed by atoms with van der Waals surface area (Å²) in [6, 6.07) is 11.7. The standard InChI is InChI=1S/C30H38FN5O4S/c1-5-7-21-12-20(4)16-36(17-21)29-25(30(37)35-41(38,39)28-9-6-8-27(32)34-28)10-11-26(33-29)22-13-23(31)15-24(14-22)40-18-19(2)3/h6,8-11,13-15,19-21H,5,7,12,16-18H2,1-4H3,(H2,32,34)(H,35,37). The van der Waals surface area contributed by atoms with E-state index in [2.05, 4.69) is 23.6 Å². The minimum Gasteiger partial charge on any atom is -0.493 e. The molecule has 41 heavy (non-hydrogen) atoms. The molecular weight excluding hydrogens is 545 g/mol. The highest BCUT2D eigenvalue weighted by Gasteiger charge is 2.30. The number of nitrogens with two attached hydrogens (primary N) is 1. The number of ether oxygens (including phenoxy) is 1. The van der Waals surface area contributed by atoms with Crippen LogP contribution in [0.3, 0.4) is 0 Å². The smallest absolute Gasteiger partial charge is 0.281 e. The van der Waals surface area contributed by atoms with E-state index in [0.29, 0.717) is 54.4 Å². The second-order valence-corrected chi connectivity index (χ2v) is 12.8. The summed E-state index contributed by atoms with van der Waals surface area (Å²) in [5, 5.41) is -0.361. The third kappa shape index (κ3) is 7.72. The molecule has 0 aliphatic carbocycles. The Balaban J connectivity index is 1.75. The summed E-state index contributed by atoms with van der Waals surface area (Å²) in [5.41, 5.74) is 6.68. The molecule has 0 radical (unpaired) electrons. The van der Waals surface area contributed by atoms with Crippen molar-refractivity contribution >= 4 is 27.6 Å². The molecule has 1 amide bonds. The number of amides is 1. The lowest BCUT2D eigenvalue weighted by atomic mass is 9.87. The lowest BCUT2D eigenvalue weighted by Crippen LogP contribution is -2.42. The molecule has 3 N–H and O–H groups in total. The van der Waals surface area contributed by atoms with Gasteiger partial charge in [-0.3, -0.25) is 4.79 Å². The molecule has 3 aromatic rings. The minimum absolute atomic E-state index is 0.0168. The number of rotatable bonds is 10. The number of halogens is 1. The summed E-state index contributed by atoms with van der Waals surface area (Å²) in [4.78, 5) is 24.2. The molecule has 4 rings (SSSR count). The molecule has 3 heterocycles. The van der Waals surface area contributed by atoms with Crippen LogP contribution in [0.15, 0.2) is 53.6 Å². The number of pyridine rings is 2. The Labute approximate surface area is 241 Å². The molecule has 11 heteroatoms. The number of piperidine rings is 1. The second kappa shape index (κ2) is 12.8. The number of nitrogen functional groups attached to an aromatic ring is 1. The average molecular weight is 584 g/mol. The Morgan fingerprint density at radius 3 is 2.66 bits per heavy atom. The zero-order chi connectivity index (χ0) is 29.7. The lowest BCUT2D eigenvalue weighted by Gasteiger charge is -2.38. The van der Waals surface area contributed by atoms with Crippen molar-refractivity contribution in [1.82, 2.24) is 14.7 Å². The van der Waals surface area contributed by atoms with Crippen molar-refractivity contribution in [2.75, 3.05) is 30.3 Å². The van der Waals surface area contributed by atoms with Crippen molar-refractivity contribution in [2.45, 2.75) is 52.0 Å². The largest absolute Gasteiger partial charge is 0.493 e. The van der Waals surface area contributed by atoms with Gasteiger partial charge in [-0.15, -0.1) is 0 Å². The van der Waals surface area contributed by atoms with Crippen LogP contribution in [0.1, 0.15) is 57.3 Å². The summed E-state index contributed by atoms with van der Waals surface area (Å²) in [6.45, 7) is 10.1. The fourth-order valence-corrected chi connectivity index (χ4v) is 6.11. The van der Waals surface area contributed by atoms with Crippen molar-refractivity contribution in [3.63, 3.8) is 0 Å². The highest BCUT2D eigenvalue weighted by atomic mass is 32.2. The van der Waals surface area contributed by atoms with E-state index in [-0.39, 0.29) is 22.3 Å². The van der Waals surface area contributed by atoms with E-state index in [0.717, 1.165) is 19.3 Å². The Morgan fingerprint density at radius 2 is 1.95 bits per heavy atom. The summed E-state index contributed by atoms with van der Waals surface area (Å²) < 4.78 is 48.4. The first-order chi connectivity index (χ1) is 19.4. The van der Waals surface area contributed by atoms with Crippen LogP contribution in [0.5, 0.6) is 5.75 Å². The van der Waals surface area contributed by atoms with Crippen molar-refractivity contribution < 1.29 is 22.3 Å². The molecule has 1 saturated heterocycles. The quantitative estimate of drug-likeness (QED) is 0.330. The van der Waals surface area contributed by atoms with Crippen LogP contribution in [-0.4, -0.2) is 44.0 Å². The predicted molar refractivity (Wildman–Crippen MR) is 158 cm³/mol. The van der Waals surface area contributed by atoms with Crippen LogP contribution in [0.25, 0.3) is 11.3 Å². The monoisotopic (exact) mass is 583 g/mol. The maximum absolute atomic E-state index is 14.6. The molecule has 9 nitrogen and oxygen atoms in total. The van der Waals surface area contributed by atoms with Gasteiger partial charge in [-0.2, -0.15) is 8.42 Å². The Bertz CT molecular complexity index is 1500. The van der Waals surface area contributed by atoms with Gasteiger partial charge < -0.3 is 15.4 Å². The summed E-state index contributed by atoms with van der Waals surface area (Å²) in [5.74, 6) is 0.438. The van der Waals surface area contributed by atoms with Crippen LogP contribution in [-0.2, 0) is 10.0 Å². The van der Waals surface area contributed by atoms with Crippen molar-refractivity contribution in [1.29, 1.82) is 0 Å². The highest BCUT2D eigenvalue weighted by Crippen LogP contribution is 2.33. The van der Waals surface area contributed by atoms with Crippen LogP contribution in [0, 0.1) is 23.6 Å². The van der Waals surface area contributed by atoms with Gasteiger partial charge in [0.05, 0.1) is 17.9 Å². The summed E-state index contributed by atoms with van der Waals surface area (Å²) in [6.07, 6.45) is 3.11. The number of benzene rings is 1. The van der Waals surface area contributed by atoms with E-state index in [9.17, 15) is 17.6 Å². The molecule has 2 aromatic heterocycles. The third-order valence-electron chi connectivity index (χ3n) is 6.86. The first-order valence-electron chi connectivity index (χ1n) is 13.9. The minimum atomic E-state index is -4.30. The number of anilines is 2. The maximum Gasteiger partial charge on any atom is 0.281 e. The molecule has 1 fully saturated rings. The van der Waals surface area contributed by atoms with E-state index in [1.807, 2.05) is 18.7 Å². The Morgan fingerprint density at radius 1 is 1.17 bits per heavy atom. The number of carbonyl (C=O) groups is 1. The number of carbonyl (C=O) groups excluding carboxylic acids is 1. The molecule has 0 bridgehead atoms. The van der Waals surface area contributed by atoms with Crippen molar-refractivity contribution in [3.05, 3.63) is 59.9 Å². The fourth-order valence-electron chi connectivity index (χ4n) is 5.16. The van der Waals surface area contributed by atoms with Crippen LogP contribution < -0.4 is 20.1 Å². The Hall–Kier alpha value is -3.73. The van der Waals surface area contributed by atoms with Gasteiger partial charge in [0.25, 0.3) is 15.9 Å². The molecule has 1 aliphatic rings. The van der Waals surface area contributed by atoms with Gasteiger partial charge >= 0.3 is 0 Å². The molecule has 2 atom stereocenters. The summed E-state index contributed by atoms with van der Waals surface area (Å²) in [7, 11) is -4.30. The molecule has 1 aromatic carbocycles. The number of nitrogens with one attached hydrogen (secondary N) is 1. The zero-order valence-corrected chi connectivity index (χ0v) is 24.7. The van der Waals surface area contributed by atoms with Gasteiger partial charge in [-0.25, -0.2) is 19.1 Å². The number of aromatic nitrogens is 2. The van der Waals surface area contributed by atoms with E-state index in [4.69, 9.17) is 15.5 Å². The SMILES string of the molecule is CCCC1CC(C)CN(c2nc(-c3cc(F)cc(OCC(C)C)c3)ccc2C(=O)NS(=O)(=O)c2cccc(N)n2)C1. The number of hydrogen-bond acceptors (Lipinski definition) is 8. The van der Waals surface area contributed by atoms with Gasteiger partial charge in [0.15, 0.2) is 5.03 Å². The lowest BCUT2D eigenvalue weighted by molar-refractivity contribution is 0.0981. The van der Waals surface area contributed by atoms with Gasteiger partial charge in [-0.05, 0) is 67.0 Å². The van der Waals surface area contributed by atoms with E-state index < -0.39 is 21.7 Å². The maximum atomic E-state index is 14.6. The molecule has 0 spiro atoms. The molecule has 2 unspecified atom stereocenters. The van der Waals surface area contributed by atoms with Crippen LogP contribution in [0.2, 0.25) is 0 Å². The van der Waals surface area contributed by atoms with Gasteiger partial charge in [0.1, 0.15) is 23.2 Å². The number of hydrogen-bond donors (Lipinski definition) is 2. The topological polar surface area (TPSA) is 128 Å². The normalized spacial score (nSPS) is 17.5. The number of nitrogens with zero attached hydrogens (tertiary/aromatic N) is 3. The van der Waals surface area contributed by atoms with Crippen molar-refractivity contribution in [3.8, 4) is 17.0 Å². The van der Waals surface area contributed by atoms with Gasteiger partial charge in [-0.1, -0.05) is 40.2 Å². The van der Waals surface area contributed by atoms with Gasteiger partial charge in [0.2, 0.25) is 0 Å². The van der Waals surface area contributed by atoms with E-state index in [1.165, 1.54) is 36.4 Å². The molecule has 220 valence electrons. The first kappa shape index (κ1) is 30.2. The fraction of sp³-hybridized carbons (Fsp3) is 0.433. The first-order valence-corrected chi connectivity index (χ1v) is 15.4. The zero-order valence-electron chi connectivity index (χ0n) is 23.9. The third-order valence-corrected chi connectivity index (χ3v) is 8.09. The number of sulfonamides is 1. The van der Waals surface area contributed by atoms with Crippen LogP contribution in [0.4, 0.5) is 16.0 Å². The van der Waals surface area contributed by atoms with E-state index in [1.54, 1.807) is 12.1 Å². The molecule has 1 aliphatic heterocycles. The highest BCUT2D eigenvalue weighted by molar-refractivity contribution is 7.90. The van der Waals surface area contributed by atoms with Crippen LogP contribution >= 0.6 is 0 Å². The van der Waals surface area contributed by atoms with Crippen molar-refractivity contribution in [2.24, 2.45) is 17.8 Å². The van der Waals surface area contributed by atoms with E-state index >= 15 is 0 Å².